The normalized spacial score (nSPS) is 10.7. The van der Waals surface area contributed by atoms with Crippen LogP contribution in [0.25, 0.3) is 21.5 Å². The molecule has 0 amide bonds. The van der Waals surface area contributed by atoms with Gasteiger partial charge < -0.3 is 0 Å². The Balaban J connectivity index is 2.45. The molecule has 0 heterocycles. The maximum absolute atomic E-state index is 10.6. The first-order valence-corrected chi connectivity index (χ1v) is 5.48. The predicted octanol–water partition coefficient (Wildman–Crippen LogP) is 3.56. The van der Waals surface area contributed by atoms with E-state index in [0.717, 1.165) is 21.5 Å². The summed E-state index contributed by atoms with van der Waals surface area (Å²) < 4.78 is 0. The van der Waals surface area contributed by atoms with Gasteiger partial charge in [0.15, 0.2) is 0 Å². The van der Waals surface area contributed by atoms with Crippen LogP contribution in [0.4, 0.5) is 0 Å². The minimum Gasteiger partial charge on any atom is -0.275 e. The van der Waals surface area contributed by atoms with E-state index in [-0.39, 0.29) is 0 Å². The summed E-state index contributed by atoms with van der Waals surface area (Å²) in [5, 5.41) is 13.2. The molecule has 0 bridgehead atoms. The van der Waals surface area contributed by atoms with Crippen molar-refractivity contribution in [1.29, 1.82) is 0 Å². The zero-order chi connectivity index (χ0) is 12.5. The third kappa shape index (κ3) is 1.64. The Morgan fingerprint density at radius 2 is 1.39 bits per heavy atom. The maximum Gasteiger partial charge on any atom is 0.299 e. The fraction of sp³-hybridized carbons (Fsp3) is 0. The van der Waals surface area contributed by atoms with Crippen molar-refractivity contribution in [2.75, 3.05) is 0 Å². The monoisotopic (exact) mass is 239 g/mol. The summed E-state index contributed by atoms with van der Waals surface area (Å²) >= 11 is 0. The van der Waals surface area contributed by atoms with Gasteiger partial charge in [-0.15, -0.1) is 10.1 Å². The summed E-state index contributed by atoms with van der Waals surface area (Å²) in [6.07, 6.45) is 0. The molecule has 0 aliphatic heterocycles. The Kier molecular flexibility index (Phi) is 2.34. The Morgan fingerprint density at radius 3 is 1.89 bits per heavy atom. The van der Waals surface area contributed by atoms with Crippen LogP contribution < -0.4 is 4.84 Å². The first-order chi connectivity index (χ1) is 8.75. The Hall–Kier alpha value is -2.62. The van der Waals surface area contributed by atoms with Crippen LogP contribution in [0.3, 0.4) is 0 Å². The highest BCUT2D eigenvalue weighted by Gasteiger charge is 2.10. The quantitative estimate of drug-likeness (QED) is 0.390. The van der Waals surface area contributed by atoms with Gasteiger partial charge >= 0.3 is 0 Å². The van der Waals surface area contributed by atoms with E-state index < -0.39 is 5.09 Å². The number of hydrogen-bond acceptors (Lipinski definition) is 3. The fourth-order valence-corrected chi connectivity index (χ4v) is 2.14. The van der Waals surface area contributed by atoms with Gasteiger partial charge in [0, 0.05) is 10.8 Å². The summed E-state index contributed by atoms with van der Waals surface area (Å²) in [7, 11) is 0. The van der Waals surface area contributed by atoms with Crippen molar-refractivity contribution >= 4 is 21.5 Å². The summed E-state index contributed by atoms with van der Waals surface area (Å²) in [6.45, 7) is 0. The molecule has 0 radical (unpaired) electrons. The van der Waals surface area contributed by atoms with Gasteiger partial charge in [-0.25, -0.2) is 0 Å². The van der Waals surface area contributed by atoms with Gasteiger partial charge in [-0.3, -0.25) is 4.84 Å². The molecular weight excluding hydrogens is 230 g/mol. The molecule has 0 spiro atoms. The minimum atomic E-state index is -0.770. The summed E-state index contributed by atoms with van der Waals surface area (Å²) in [4.78, 5) is 15.4. The van der Waals surface area contributed by atoms with Crippen LogP contribution in [-0.4, -0.2) is 5.09 Å². The summed E-state index contributed by atoms with van der Waals surface area (Å²) in [5.74, 6) is 0.300. The second-order valence-electron chi connectivity index (χ2n) is 3.96. The fourth-order valence-electron chi connectivity index (χ4n) is 2.14. The van der Waals surface area contributed by atoms with Crippen LogP contribution >= 0.6 is 0 Å². The van der Waals surface area contributed by atoms with Crippen LogP contribution in [0, 0.1) is 10.1 Å². The van der Waals surface area contributed by atoms with Gasteiger partial charge in [0.25, 0.3) is 5.09 Å². The second-order valence-corrected chi connectivity index (χ2v) is 3.96. The molecule has 3 rings (SSSR count). The van der Waals surface area contributed by atoms with E-state index in [9.17, 15) is 10.1 Å². The Morgan fingerprint density at radius 1 is 0.889 bits per heavy atom. The topological polar surface area (TPSA) is 52.4 Å². The molecule has 88 valence electrons. The SMILES string of the molecule is O=[N+]([O-])Oc1c2ccccc2cc2ccccc12. The van der Waals surface area contributed by atoms with Crippen molar-refractivity contribution in [3.8, 4) is 5.75 Å². The molecule has 0 aromatic heterocycles. The van der Waals surface area contributed by atoms with Gasteiger partial charge in [-0.05, 0) is 16.8 Å². The lowest BCUT2D eigenvalue weighted by atomic mass is 10.0. The molecule has 18 heavy (non-hydrogen) atoms. The van der Waals surface area contributed by atoms with Crippen molar-refractivity contribution in [1.82, 2.24) is 0 Å². The molecule has 0 unspecified atom stereocenters. The second kappa shape index (κ2) is 4.00. The van der Waals surface area contributed by atoms with Crippen LogP contribution in [0.5, 0.6) is 5.75 Å². The number of benzene rings is 3. The molecule has 0 fully saturated rings. The van der Waals surface area contributed by atoms with E-state index in [1.165, 1.54) is 0 Å². The van der Waals surface area contributed by atoms with E-state index in [4.69, 9.17) is 4.84 Å². The third-order valence-electron chi connectivity index (χ3n) is 2.89. The molecule has 4 nitrogen and oxygen atoms in total. The van der Waals surface area contributed by atoms with Crippen LogP contribution in [0.2, 0.25) is 0 Å². The molecule has 4 heteroatoms. The Labute approximate surface area is 103 Å². The highest BCUT2D eigenvalue weighted by atomic mass is 17.0. The molecule has 0 saturated heterocycles. The van der Waals surface area contributed by atoms with Gasteiger partial charge in [0.2, 0.25) is 0 Å². The number of nitrogens with zero attached hydrogens (tertiary/aromatic N) is 1. The molecular formula is C14H9NO3. The lowest BCUT2D eigenvalue weighted by molar-refractivity contribution is -0.710. The van der Waals surface area contributed by atoms with Crippen LogP contribution in [0.1, 0.15) is 0 Å². The maximum atomic E-state index is 10.6. The zero-order valence-corrected chi connectivity index (χ0v) is 9.37. The average molecular weight is 239 g/mol. The van der Waals surface area contributed by atoms with Gasteiger partial charge in [0.1, 0.15) is 5.75 Å². The molecule has 3 aromatic rings. The first-order valence-electron chi connectivity index (χ1n) is 5.48. The van der Waals surface area contributed by atoms with E-state index in [2.05, 4.69) is 0 Å². The van der Waals surface area contributed by atoms with E-state index in [0.29, 0.717) is 5.75 Å². The van der Waals surface area contributed by atoms with Crippen molar-refractivity contribution < 1.29 is 9.92 Å². The molecule has 0 saturated carbocycles. The predicted molar refractivity (Wildman–Crippen MR) is 69.1 cm³/mol. The average Bonchev–Trinajstić information content (AvgIpc) is 2.38. The first kappa shape index (κ1) is 10.5. The third-order valence-corrected chi connectivity index (χ3v) is 2.89. The van der Waals surface area contributed by atoms with Crippen molar-refractivity contribution in [3.05, 3.63) is 64.7 Å². The summed E-state index contributed by atoms with van der Waals surface area (Å²) in [5.41, 5.74) is 0. The van der Waals surface area contributed by atoms with Gasteiger partial charge in [-0.1, -0.05) is 48.5 Å². The number of rotatable bonds is 2. The standard InChI is InChI=1S/C14H9NO3/c16-15(17)18-14-12-7-3-1-5-10(12)9-11-6-2-4-8-13(11)14/h1-9H. The van der Waals surface area contributed by atoms with Crippen molar-refractivity contribution in [2.24, 2.45) is 0 Å². The van der Waals surface area contributed by atoms with E-state index >= 15 is 0 Å². The summed E-state index contributed by atoms with van der Waals surface area (Å²) in [6, 6.07) is 16.9. The lowest BCUT2D eigenvalue weighted by Crippen LogP contribution is -2.04. The zero-order valence-electron chi connectivity index (χ0n) is 9.37. The lowest BCUT2D eigenvalue weighted by Gasteiger charge is -2.08. The largest absolute Gasteiger partial charge is 0.299 e. The van der Waals surface area contributed by atoms with Crippen molar-refractivity contribution in [2.45, 2.75) is 0 Å². The minimum absolute atomic E-state index is 0.300. The van der Waals surface area contributed by atoms with E-state index in [1.54, 1.807) is 0 Å². The smallest absolute Gasteiger partial charge is 0.275 e. The highest BCUT2D eigenvalue weighted by Crippen LogP contribution is 2.34. The molecule has 0 aliphatic rings. The Bertz CT molecular complexity index is 698. The van der Waals surface area contributed by atoms with E-state index in [1.807, 2.05) is 54.6 Å². The van der Waals surface area contributed by atoms with Crippen molar-refractivity contribution in [3.63, 3.8) is 0 Å². The highest BCUT2D eigenvalue weighted by molar-refractivity contribution is 6.05. The van der Waals surface area contributed by atoms with Gasteiger partial charge in [0.05, 0.1) is 0 Å². The van der Waals surface area contributed by atoms with Gasteiger partial charge in [-0.2, -0.15) is 0 Å². The van der Waals surface area contributed by atoms with Crippen LogP contribution in [-0.2, 0) is 0 Å². The molecule has 3 aromatic carbocycles. The number of fused-ring (bicyclic) bond motifs is 2. The van der Waals surface area contributed by atoms with Crippen LogP contribution in [0.15, 0.2) is 54.6 Å². The molecule has 0 aliphatic carbocycles. The molecule has 0 N–H and O–H groups in total. The number of hydrogen-bond donors (Lipinski definition) is 0. The molecule has 0 atom stereocenters.